The third-order valence-electron chi connectivity index (χ3n) is 3.92. The highest BCUT2D eigenvalue weighted by molar-refractivity contribution is 7.92. The van der Waals surface area contributed by atoms with Crippen LogP contribution in [0.1, 0.15) is 47.2 Å². The highest BCUT2D eigenvalue weighted by Crippen LogP contribution is 2.24. The van der Waals surface area contributed by atoms with E-state index in [2.05, 4.69) is 9.82 Å². The molecule has 0 fully saturated rings. The van der Waals surface area contributed by atoms with Gasteiger partial charge in [0.2, 0.25) is 0 Å². The third kappa shape index (κ3) is 4.50. The van der Waals surface area contributed by atoms with Crippen molar-refractivity contribution in [3.8, 4) is 0 Å². The van der Waals surface area contributed by atoms with Gasteiger partial charge in [-0.2, -0.15) is 5.10 Å². The number of anilines is 1. The van der Waals surface area contributed by atoms with Gasteiger partial charge in [-0.15, -0.1) is 0 Å². The molecule has 0 amide bonds. The average Bonchev–Trinajstić information content (AvgIpc) is 3.03. The van der Waals surface area contributed by atoms with Gasteiger partial charge >= 0.3 is 11.9 Å². The van der Waals surface area contributed by atoms with Crippen molar-refractivity contribution < 1.29 is 27.5 Å². The van der Waals surface area contributed by atoms with Gasteiger partial charge < -0.3 is 9.47 Å². The average molecular weight is 409 g/mol. The number of aromatic nitrogens is 2. The van der Waals surface area contributed by atoms with Crippen LogP contribution in [0.2, 0.25) is 0 Å². The van der Waals surface area contributed by atoms with E-state index in [1.807, 2.05) is 6.92 Å². The van der Waals surface area contributed by atoms with Gasteiger partial charge in [0.15, 0.2) is 0 Å². The molecular formula is C18H23N3O6S. The normalized spacial score (nSPS) is 11.1. The van der Waals surface area contributed by atoms with Crippen molar-refractivity contribution in [2.75, 3.05) is 17.9 Å². The quantitative estimate of drug-likeness (QED) is 0.665. The van der Waals surface area contributed by atoms with Gasteiger partial charge in [-0.25, -0.2) is 18.0 Å². The first-order chi connectivity index (χ1) is 13.2. The van der Waals surface area contributed by atoms with Gasteiger partial charge in [-0.3, -0.25) is 9.40 Å². The van der Waals surface area contributed by atoms with E-state index in [-0.39, 0.29) is 34.9 Å². The molecule has 0 bridgehead atoms. The Labute approximate surface area is 163 Å². The summed E-state index contributed by atoms with van der Waals surface area (Å²) in [5, 5.41) is 4.03. The predicted octanol–water partition coefficient (Wildman–Crippen LogP) is 2.37. The largest absolute Gasteiger partial charge is 0.462 e. The van der Waals surface area contributed by atoms with E-state index in [4.69, 9.17) is 9.47 Å². The van der Waals surface area contributed by atoms with Gasteiger partial charge in [0, 0.05) is 6.54 Å². The molecule has 0 saturated carbocycles. The summed E-state index contributed by atoms with van der Waals surface area (Å²) in [4.78, 5) is 24.2. The minimum atomic E-state index is -4.05. The highest BCUT2D eigenvalue weighted by Gasteiger charge is 2.24. The van der Waals surface area contributed by atoms with E-state index >= 15 is 0 Å². The van der Waals surface area contributed by atoms with Crippen molar-refractivity contribution in [2.24, 2.45) is 0 Å². The number of aryl methyl sites for hydroxylation is 1. The Morgan fingerprint density at radius 1 is 1.11 bits per heavy atom. The first-order valence-electron chi connectivity index (χ1n) is 8.78. The first kappa shape index (κ1) is 21.4. The minimum absolute atomic E-state index is 0.0148. The summed E-state index contributed by atoms with van der Waals surface area (Å²) in [5.74, 6) is -1.34. The van der Waals surface area contributed by atoms with Gasteiger partial charge in [-0.05, 0) is 45.9 Å². The second-order valence-electron chi connectivity index (χ2n) is 5.72. The van der Waals surface area contributed by atoms with Crippen molar-refractivity contribution in [1.82, 2.24) is 9.78 Å². The highest BCUT2D eigenvalue weighted by atomic mass is 32.2. The number of benzene rings is 1. The molecule has 0 saturated heterocycles. The van der Waals surface area contributed by atoms with Crippen molar-refractivity contribution in [1.29, 1.82) is 0 Å². The maximum Gasteiger partial charge on any atom is 0.340 e. The molecule has 2 aromatic rings. The van der Waals surface area contributed by atoms with E-state index in [0.29, 0.717) is 12.2 Å². The molecule has 1 aromatic carbocycles. The molecule has 10 heteroatoms. The van der Waals surface area contributed by atoms with Crippen LogP contribution in [0.25, 0.3) is 0 Å². The monoisotopic (exact) mass is 409 g/mol. The minimum Gasteiger partial charge on any atom is -0.462 e. The Kier molecular flexibility index (Phi) is 6.79. The number of hydrogen-bond acceptors (Lipinski definition) is 7. The predicted molar refractivity (Wildman–Crippen MR) is 102 cm³/mol. The summed E-state index contributed by atoms with van der Waals surface area (Å²) < 4.78 is 39.5. The molecule has 0 unspecified atom stereocenters. The van der Waals surface area contributed by atoms with E-state index in [9.17, 15) is 18.0 Å². The van der Waals surface area contributed by atoms with Crippen LogP contribution in [0.15, 0.2) is 29.3 Å². The molecule has 0 aliphatic heterocycles. The second kappa shape index (κ2) is 8.87. The summed E-state index contributed by atoms with van der Waals surface area (Å²) >= 11 is 0. The molecule has 1 N–H and O–H groups in total. The van der Waals surface area contributed by atoms with E-state index in [0.717, 1.165) is 0 Å². The Hall–Kier alpha value is -2.88. The molecular weight excluding hydrogens is 386 g/mol. The standard InChI is InChI=1S/C18H23N3O6S/c1-5-21-12(4)16(11-19-21)28(24,25)20-15-10-13(17(22)26-6-2)8-9-14(15)18(23)27-7-3/h8-11,20H,5-7H2,1-4H3. The summed E-state index contributed by atoms with van der Waals surface area (Å²) in [5.41, 5.74) is 0.467. The zero-order valence-electron chi connectivity index (χ0n) is 16.2. The molecule has 152 valence electrons. The van der Waals surface area contributed by atoms with Gasteiger partial charge in [0.05, 0.1) is 41.9 Å². The van der Waals surface area contributed by atoms with Crippen LogP contribution >= 0.6 is 0 Å². The lowest BCUT2D eigenvalue weighted by Gasteiger charge is -2.13. The summed E-state index contributed by atoms with van der Waals surface area (Å²) in [6.07, 6.45) is 1.24. The Bertz CT molecular complexity index is 981. The Morgan fingerprint density at radius 2 is 1.75 bits per heavy atom. The lowest BCUT2D eigenvalue weighted by molar-refractivity contribution is 0.0512. The number of carbonyl (C=O) groups excluding carboxylic acids is 2. The third-order valence-corrected chi connectivity index (χ3v) is 5.39. The number of hydrogen-bond donors (Lipinski definition) is 1. The fourth-order valence-corrected chi connectivity index (χ4v) is 3.82. The summed E-state index contributed by atoms with van der Waals surface area (Å²) in [7, 11) is -4.05. The van der Waals surface area contributed by atoms with E-state index < -0.39 is 22.0 Å². The number of rotatable bonds is 8. The van der Waals surface area contributed by atoms with Crippen LogP contribution < -0.4 is 4.72 Å². The number of nitrogens with one attached hydrogen (secondary N) is 1. The van der Waals surface area contributed by atoms with Gasteiger partial charge in [-0.1, -0.05) is 0 Å². The SMILES string of the molecule is CCOC(=O)c1ccc(C(=O)OCC)c(NS(=O)(=O)c2cnn(CC)c2C)c1. The molecule has 0 aliphatic rings. The topological polar surface area (TPSA) is 117 Å². The van der Waals surface area contributed by atoms with Gasteiger partial charge in [0.25, 0.3) is 10.0 Å². The molecule has 28 heavy (non-hydrogen) atoms. The number of esters is 2. The molecule has 2 rings (SSSR count). The summed E-state index contributed by atoms with van der Waals surface area (Å²) in [6.45, 7) is 7.55. The number of ether oxygens (including phenoxy) is 2. The second-order valence-corrected chi connectivity index (χ2v) is 7.37. The van der Waals surface area contributed by atoms with Crippen LogP contribution in [0.5, 0.6) is 0 Å². The zero-order valence-corrected chi connectivity index (χ0v) is 17.0. The zero-order chi connectivity index (χ0) is 20.9. The molecule has 0 atom stereocenters. The number of carbonyl (C=O) groups is 2. The lowest BCUT2D eigenvalue weighted by atomic mass is 10.1. The van der Waals surface area contributed by atoms with Crippen LogP contribution in [-0.4, -0.2) is 43.4 Å². The molecule has 0 spiro atoms. The van der Waals surface area contributed by atoms with E-state index in [1.54, 1.807) is 20.8 Å². The van der Waals surface area contributed by atoms with Crippen molar-refractivity contribution in [3.63, 3.8) is 0 Å². The lowest BCUT2D eigenvalue weighted by Crippen LogP contribution is -2.18. The maximum atomic E-state index is 12.9. The molecule has 0 radical (unpaired) electrons. The molecule has 0 aliphatic carbocycles. The fourth-order valence-electron chi connectivity index (χ4n) is 2.57. The molecule has 1 aromatic heterocycles. The van der Waals surface area contributed by atoms with Crippen LogP contribution in [-0.2, 0) is 26.0 Å². The molecule has 9 nitrogen and oxygen atoms in total. The van der Waals surface area contributed by atoms with E-state index in [1.165, 1.54) is 29.1 Å². The first-order valence-corrected chi connectivity index (χ1v) is 10.3. The van der Waals surface area contributed by atoms with Crippen molar-refractivity contribution in [3.05, 3.63) is 41.2 Å². The van der Waals surface area contributed by atoms with Crippen molar-refractivity contribution >= 4 is 27.6 Å². The Morgan fingerprint density at radius 3 is 2.32 bits per heavy atom. The van der Waals surface area contributed by atoms with Gasteiger partial charge in [0.1, 0.15) is 4.90 Å². The Balaban J connectivity index is 2.50. The number of sulfonamides is 1. The van der Waals surface area contributed by atoms with Crippen LogP contribution in [0.3, 0.4) is 0 Å². The van der Waals surface area contributed by atoms with Crippen LogP contribution in [0, 0.1) is 6.92 Å². The fraction of sp³-hybridized carbons (Fsp3) is 0.389. The maximum absolute atomic E-state index is 12.9. The molecule has 1 heterocycles. The summed E-state index contributed by atoms with van der Waals surface area (Å²) in [6, 6.07) is 3.95. The number of nitrogens with zero attached hydrogens (tertiary/aromatic N) is 2. The van der Waals surface area contributed by atoms with Crippen LogP contribution in [0.4, 0.5) is 5.69 Å². The van der Waals surface area contributed by atoms with Crippen molar-refractivity contribution in [2.45, 2.75) is 39.1 Å². The smallest absolute Gasteiger partial charge is 0.340 e.